The van der Waals surface area contributed by atoms with Gasteiger partial charge in [-0.05, 0) is 13.3 Å². The summed E-state index contributed by atoms with van der Waals surface area (Å²) < 4.78 is 26.2. The number of alkyl halides is 2. The fourth-order valence-electron chi connectivity index (χ4n) is 1.70. The van der Waals surface area contributed by atoms with Crippen molar-refractivity contribution in [2.75, 3.05) is 13.1 Å². The van der Waals surface area contributed by atoms with Gasteiger partial charge in [-0.25, -0.2) is 4.79 Å². The lowest BCUT2D eigenvalue weighted by Gasteiger charge is -2.20. The van der Waals surface area contributed by atoms with Gasteiger partial charge in [0, 0.05) is 13.1 Å². The molecular formula is C9H13F2NO4. The average molecular weight is 237 g/mol. The number of carbonyl (C=O) groups is 2. The number of carboxylic acid groups (broad SMARTS) is 1. The Morgan fingerprint density at radius 1 is 1.50 bits per heavy atom. The van der Waals surface area contributed by atoms with E-state index in [1.165, 1.54) is 6.92 Å². The summed E-state index contributed by atoms with van der Waals surface area (Å²) in [6.45, 7) is 0.964. The van der Waals surface area contributed by atoms with Crippen molar-refractivity contribution in [3.63, 3.8) is 0 Å². The zero-order valence-electron chi connectivity index (χ0n) is 8.69. The number of aliphatic hydroxyl groups excluding tert-OH is 1. The number of amides is 1. The Morgan fingerprint density at radius 2 is 2.06 bits per heavy atom. The molecule has 0 bridgehead atoms. The summed E-state index contributed by atoms with van der Waals surface area (Å²) in [5.74, 6) is -8.03. The number of carbonyl (C=O) groups excluding carboxylic acids is 1. The van der Waals surface area contributed by atoms with E-state index in [9.17, 15) is 18.4 Å². The molecule has 1 saturated heterocycles. The molecule has 1 amide bonds. The van der Waals surface area contributed by atoms with Crippen molar-refractivity contribution in [3.05, 3.63) is 0 Å². The maximum absolute atomic E-state index is 13.1. The molecule has 2 atom stereocenters. The van der Waals surface area contributed by atoms with Crippen LogP contribution in [0.3, 0.4) is 0 Å². The molecule has 1 heterocycles. The van der Waals surface area contributed by atoms with Crippen LogP contribution in [-0.4, -0.2) is 52.1 Å². The molecular weight excluding hydrogens is 224 g/mol. The topological polar surface area (TPSA) is 77.8 Å². The summed E-state index contributed by atoms with van der Waals surface area (Å²) in [6.07, 6.45) is -1.32. The highest BCUT2D eigenvalue weighted by Crippen LogP contribution is 2.32. The first-order valence-corrected chi connectivity index (χ1v) is 4.85. The largest absolute Gasteiger partial charge is 0.477 e. The second kappa shape index (κ2) is 4.32. The standard InChI is InChI=1S/C9H13F2NO4/c1-5(13)7(14)12-3-2-6(4-12)9(10,11)8(15)16/h5-6,13H,2-4H2,1H3,(H,15,16). The van der Waals surface area contributed by atoms with Crippen LogP contribution < -0.4 is 0 Å². The number of hydrogen-bond donors (Lipinski definition) is 2. The Hall–Kier alpha value is -1.24. The van der Waals surface area contributed by atoms with Gasteiger partial charge in [0.05, 0.1) is 5.92 Å². The SMILES string of the molecule is CC(O)C(=O)N1CCC(C(F)(F)C(=O)O)C1. The normalized spacial score (nSPS) is 23.2. The third-order valence-corrected chi connectivity index (χ3v) is 2.66. The zero-order chi connectivity index (χ0) is 12.5. The van der Waals surface area contributed by atoms with Crippen LogP contribution in [0, 0.1) is 5.92 Å². The first kappa shape index (κ1) is 12.8. The fraction of sp³-hybridized carbons (Fsp3) is 0.778. The second-order valence-corrected chi connectivity index (χ2v) is 3.87. The van der Waals surface area contributed by atoms with Gasteiger partial charge in [-0.15, -0.1) is 0 Å². The Labute approximate surface area is 90.7 Å². The molecule has 1 rings (SSSR count). The maximum atomic E-state index is 13.1. The smallest absolute Gasteiger partial charge is 0.374 e. The van der Waals surface area contributed by atoms with E-state index in [1.54, 1.807) is 0 Å². The number of aliphatic carboxylic acids is 1. The van der Waals surface area contributed by atoms with Crippen LogP contribution in [-0.2, 0) is 9.59 Å². The number of halogens is 2. The van der Waals surface area contributed by atoms with Crippen LogP contribution >= 0.6 is 0 Å². The molecule has 16 heavy (non-hydrogen) atoms. The molecule has 0 saturated carbocycles. The van der Waals surface area contributed by atoms with E-state index >= 15 is 0 Å². The fourth-order valence-corrected chi connectivity index (χ4v) is 1.70. The number of hydrogen-bond acceptors (Lipinski definition) is 3. The van der Waals surface area contributed by atoms with Crippen LogP contribution in [0.1, 0.15) is 13.3 Å². The van der Waals surface area contributed by atoms with E-state index in [0.29, 0.717) is 0 Å². The minimum absolute atomic E-state index is 0.0528. The van der Waals surface area contributed by atoms with Gasteiger partial charge >= 0.3 is 11.9 Å². The molecule has 0 spiro atoms. The molecule has 2 unspecified atom stereocenters. The zero-order valence-corrected chi connectivity index (χ0v) is 8.69. The number of rotatable bonds is 3. The first-order chi connectivity index (χ1) is 7.26. The summed E-state index contributed by atoms with van der Waals surface area (Å²) in [5, 5.41) is 17.3. The van der Waals surface area contributed by atoms with Crippen molar-refractivity contribution in [2.45, 2.75) is 25.4 Å². The summed E-state index contributed by atoms with van der Waals surface area (Å²) >= 11 is 0. The summed E-state index contributed by atoms with van der Waals surface area (Å²) in [4.78, 5) is 22.6. The van der Waals surface area contributed by atoms with E-state index < -0.39 is 29.8 Å². The van der Waals surface area contributed by atoms with Crippen molar-refractivity contribution in [1.29, 1.82) is 0 Å². The lowest BCUT2D eigenvalue weighted by molar-refractivity contribution is -0.173. The molecule has 1 aliphatic heterocycles. The van der Waals surface area contributed by atoms with Crippen LogP contribution in [0.15, 0.2) is 0 Å². The Balaban J connectivity index is 2.66. The van der Waals surface area contributed by atoms with Crippen molar-refractivity contribution < 1.29 is 28.6 Å². The van der Waals surface area contributed by atoms with Gasteiger partial charge in [0.15, 0.2) is 0 Å². The van der Waals surface area contributed by atoms with Gasteiger partial charge in [-0.3, -0.25) is 4.79 Å². The third-order valence-electron chi connectivity index (χ3n) is 2.66. The number of aliphatic hydroxyl groups is 1. The number of carboxylic acids is 1. The van der Waals surface area contributed by atoms with Crippen molar-refractivity contribution in [2.24, 2.45) is 5.92 Å². The molecule has 1 fully saturated rings. The predicted molar refractivity (Wildman–Crippen MR) is 49.0 cm³/mol. The average Bonchev–Trinajstić information content (AvgIpc) is 2.65. The van der Waals surface area contributed by atoms with Crippen molar-refractivity contribution >= 4 is 11.9 Å². The highest BCUT2D eigenvalue weighted by atomic mass is 19.3. The molecule has 2 N–H and O–H groups in total. The molecule has 0 radical (unpaired) electrons. The van der Waals surface area contributed by atoms with Crippen LogP contribution in [0.5, 0.6) is 0 Å². The second-order valence-electron chi connectivity index (χ2n) is 3.87. The quantitative estimate of drug-likeness (QED) is 0.720. The van der Waals surface area contributed by atoms with Crippen molar-refractivity contribution in [1.82, 2.24) is 4.90 Å². The molecule has 1 aliphatic rings. The van der Waals surface area contributed by atoms with Crippen LogP contribution in [0.4, 0.5) is 8.78 Å². The molecule has 5 nitrogen and oxygen atoms in total. The van der Waals surface area contributed by atoms with Gasteiger partial charge in [0.25, 0.3) is 5.91 Å². The van der Waals surface area contributed by atoms with Crippen LogP contribution in [0.25, 0.3) is 0 Å². The summed E-state index contributed by atoms with van der Waals surface area (Å²) in [5.41, 5.74) is 0. The van der Waals surface area contributed by atoms with Crippen LogP contribution in [0.2, 0.25) is 0 Å². The highest BCUT2D eigenvalue weighted by molar-refractivity contribution is 5.81. The minimum atomic E-state index is -3.83. The predicted octanol–water partition coefficient (Wildman–Crippen LogP) is -0.0644. The Bertz CT molecular complexity index is 306. The van der Waals surface area contributed by atoms with Gasteiger partial charge in [-0.2, -0.15) is 8.78 Å². The lowest BCUT2D eigenvalue weighted by atomic mass is 10.0. The summed E-state index contributed by atoms with van der Waals surface area (Å²) in [7, 11) is 0. The lowest BCUT2D eigenvalue weighted by Crippen LogP contribution is -2.41. The van der Waals surface area contributed by atoms with Gasteiger partial charge in [0.1, 0.15) is 6.10 Å². The Kier molecular flexibility index (Phi) is 3.47. The van der Waals surface area contributed by atoms with E-state index in [4.69, 9.17) is 10.2 Å². The molecule has 7 heteroatoms. The molecule has 0 aromatic rings. The Morgan fingerprint density at radius 3 is 2.50 bits per heavy atom. The maximum Gasteiger partial charge on any atom is 0.374 e. The van der Waals surface area contributed by atoms with E-state index in [2.05, 4.69) is 0 Å². The molecule has 92 valence electrons. The van der Waals surface area contributed by atoms with Gasteiger partial charge in [0.2, 0.25) is 0 Å². The third kappa shape index (κ3) is 2.29. The minimum Gasteiger partial charge on any atom is -0.477 e. The first-order valence-electron chi connectivity index (χ1n) is 4.85. The summed E-state index contributed by atoms with van der Waals surface area (Å²) in [6, 6.07) is 0. The van der Waals surface area contributed by atoms with Crippen molar-refractivity contribution in [3.8, 4) is 0 Å². The number of nitrogens with zero attached hydrogens (tertiary/aromatic N) is 1. The van der Waals surface area contributed by atoms with Gasteiger partial charge < -0.3 is 15.1 Å². The van der Waals surface area contributed by atoms with E-state index in [0.717, 1.165) is 4.90 Å². The van der Waals surface area contributed by atoms with E-state index in [-0.39, 0.29) is 19.5 Å². The molecule has 0 aromatic heterocycles. The van der Waals surface area contributed by atoms with Gasteiger partial charge in [-0.1, -0.05) is 0 Å². The highest BCUT2D eigenvalue weighted by Gasteiger charge is 2.50. The molecule has 0 aliphatic carbocycles. The molecule has 0 aromatic carbocycles. The monoisotopic (exact) mass is 237 g/mol. The van der Waals surface area contributed by atoms with E-state index in [1.807, 2.05) is 0 Å². The number of likely N-dealkylation sites (tertiary alicyclic amines) is 1.